The maximum Gasteiger partial charge on any atom is 0.0934 e. The van der Waals surface area contributed by atoms with Gasteiger partial charge in [-0.3, -0.25) is 9.97 Å². The number of nitrogens with zero attached hydrogens (tertiary/aromatic N) is 2. The van der Waals surface area contributed by atoms with Gasteiger partial charge in [-0.25, -0.2) is 0 Å². The van der Waals surface area contributed by atoms with Gasteiger partial charge in [-0.05, 0) is 25.6 Å². The first kappa shape index (κ1) is 11.6. The van der Waals surface area contributed by atoms with Gasteiger partial charge in [0.2, 0.25) is 0 Å². The Balaban J connectivity index is 2.48. The van der Waals surface area contributed by atoms with E-state index in [9.17, 15) is 0 Å². The normalized spacial score (nSPS) is 11.9. The standard InChI is InChI=1S/C14H15N3/c1-3-4-7-12(15-2)11-6-5-8-13-14(11)17-10-9-16-13/h5-6,8-10,12,15H,7H2,1-2H3. The van der Waals surface area contributed by atoms with Crippen LogP contribution in [0.4, 0.5) is 0 Å². The summed E-state index contributed by atoms with van der Waals surface area (Å²) < 4.78 is 0. The molecule has 1 aromatic carbocycles. The molecule has 2 rings (SSSR count). The summed E-state index contributed by atoms with van der Waals surface area (Å²) in [6.07, 6.45) is 4.22. The van der Waals surface area contributed by atoms with Crippen molar-refractivity contribution < 1.29 is 0 Å². The average molecular weight is 225 g/mol. The van der Waals surface area contributed by atoms with Gasteiger partial charge >= 0.3 is 0 Å². The van der Waals surface area contributed by atoms with Crippen molar-refractivity contribution in [3.8, 4) is 11.8 Å². The molecular weight excluding hydrogens is 210 g/mol. The summed E-state index contributed by atoms with van der Waals surface area (Å²) in [5.74, 6) is 6.03. The highest BCUT2D eigenvalue weighted by Crippen LogP contribution is 2.22. The molecule has 0 fully saturated rings. The van der Waals surface area contributed by atoms with E-state index < -0.39 is 0 Å². The Hall–Kier alpha value is -1.92. The molecule has 2 aromatic rings. The Kier molecular flexibility index (Phi) is 3.69. The summed E-state index contributed by atoms with van der Waals surface area (Å²) in [7, 11) is 1.94. The predicted molar refractivity (Wildman–Crippen MR) is 69.4 cm³/mol. The van der Waals surface area contributed by atoms with E-state index >= 15 is 0 Å². The zero-order chi connectivity index (χ0) is 12.1. The van der Waals surface area contributed by atoms with Crippen LogP contribution in [-0.4, -0.2) is 17.0 Å². The SMILES string of the molecule is CC#CCC(NC)c1cccc2nccnc12. The number of hydrogen-bond donors (Lipinski definition) is 1. The maximum atomic E-state index is 4.41. The Morgan fingerprint density at radius 1 is 1.29 bits per heavy atom. The van der Waals surface area contributed by atoms with E-state index in [1.807, 2.05) is 26.1 Å². The number of fused-ring (bicyclic) bond motifs is 1. The predicted octanol–water partition coefficient (Wildman–Crippen LogP) is 2.30. The topological polar surface area (TPSA) is 37.8 Å². The molecular formula is C14H15N3. The molecule has 3 heteroatoms. The highest BCUT2D eigenvalue weighted by molar-refractivity contribution is 5.78. The summed E-state index contributed by atoms with van der Waals surface area (Å²) in [6, 6.07) is 6.26. The highest BCUT2D eigenvalue weighted by Gasteiger charge is 2.12. The van der Waals surface area contributed by atoms with Gasteiger partial charge in [0, 0.05) is 24.9 Å². The molecule has 3 nitrogen and oxygen atoms in total. The lowest BCUT2D eigenvalue weighted by atomic mass is 10.0. The smallest absolute Gasteiger partial charge is 0.0934 e. The Morgan fingerprint density at radius 3 is 2.88 bits per heavy atom. The van der Waals surface area contributed by atoms with Gasteiger partial charge in [0.05, 0.1) is 11.0 Å². The van der Waals surface area contributed by atoms with Gasteiger partial charge in [0.25, 0.3) is 0 Å². The molecule has 0 spiro atoms. The van der Waals surface area contributed by atoms with Crippen molar-refractivity contribution in [2.45, 2.75) is 19.4 Å². The Labute approximate surface area is 101 Å². The van der Waals surface area contributed by atoms with Crippen molar-refractivity contribution in [1.82, 2.24) is 15.3 Å². The fourth-order valence-corrected chi connectivity index (χ4v) is 1.87. The van der Waals surface area contributed by atoms with Crippen molar-refractivity contribution >= 4 is 11.0 Å². The quantitative estimate of drug-likeness (QED) is 0.814. The summed E-state index contributed by atoms with van der Waals surface area (Å²) in [4.78, 5) is 8.72. The molecule has 0 saturated carbocycles. The van der Waals surface area contributed by atoms with Crippen LogP contribution in [0.3, 0.4) is 0 Å². The lowest BCUT2D eigenvalue weighted by molar-refractivity contribution is 0.614. The molecule has 0 amide bonds. The minimum absolute atomic E-state index is 0.197. The van der Waals surface area contributed by atoms with Crippen LogP contribution in [-0.2, 0) is 0 Å². The van der Waals surface area contributed by atoms with E-state index in [4.69, 9.17) is 0 Å². The highest BCUT2D eigenvalue weighted by atomic mass is 14.9. The molecule has 0 aliphatic rings. The molecule has 17 heavy (non-hydrogen) atoms. The number of aromatic nitrogens is 2. The molecule has 1 aromatic heterocycles. The van der Waals surface area contributed by atoms with E-state index in [0.29, 0.717) is 0 Å². The van der Waals surface area contributed by atoms with E-state index in [-0.39, 0.29) is 6.04 Å². The van der Waals surface area contributed by atoms with E-state index in [2.05, 4.69) is 33.2 Å². The van der Waals surface area contributed by atoms with Crippen molar-refractivity contribution in [2.75, 3.05) is 7.05 Å². The van der Waals surface area contributed by atoms with Gasteiger partial charge in [0.1, 0.15) is 0 Å². The molecule has 0 saturated heterocycles. The van der Waals surface area contributed by atoms with Crippen LogP contribution in [0, 0.1) is 11.8 Å². The first-order valence-corrected chi connectivity index (χ1v) is 5.63. The molecule has 0 aliphatic carbocycles. The Bertz CT molecular complexity index is 561. The average Bonchev–Trinajstić information content (AvgIpc) is 2.40. The number of rotatable bonds is 3. The third-order valence-corrected chi connectivity index (χ3v) is 2.74. The van der Waals surface area contributed by atoms with Crippen molar-refractivity contribution in [2.24, 2.45) is 0 Å². The maximum absolute atomic E-state index is 4.41. The van der Waals surface area contributed by atoms with Crippen LogP contribution >= 0.6 is 0 Å². The molecule has 1 heterocycles. The largest absolute Gasteiger partial charge is 0.312 e. The molecule has 0 aliphatic heterocycles. The van der Waals surface area contributed by atoms with Crippen LogP contribution in [0.15, 0.2) is 30.6 Å². The molecule has 1 N–H and O–H groups in total. The number of nitrogens with one attached hydrogen (secondary N) is 1. The minimum atomic E-state index is 0.197. The fourth-order valence-electron chi connectivity index (χ4n) is 1.87. The van der Waals surface area contributed by atoms with Gasteiger partial charge in [-0.2, -0.15) is 0 Å². The zero-order valence-corrected chi connectivity index (χ0v) is 10.1. The van der Waals surface area contributed by atoms with Crippen LogP contribution in [0.2, 0.25) is 0 Å². The first-order chi connectivity index (χ1) is 8.36. The van der Waals surface area contributed by atoms with Crippen LogP contribution in [0.25, 0.3) is 11.0 Å². The van der Waals surface area contributed by atoms with Gasteiger partial charge in [-0.15, -0.1) is 11.8 Å². The van der Waals surface area contributed by atoms with Gasteiger partial charge in [-0.1, -0.05) is 12.1 Å². The van der Waals surface area contributed by atoms with Crippen molar-refractivity contribution in [3.63, 3.8) is 0 Å². The second kappa shape index (κ2) is 5.42. The minimum Gasteiger partial charge on any atom is -0.312 e. The summed E-state index contributed by atoms with van der Waals surface area (Å²) in [5, 5.41) is 3.28. The summed E-state index contributed by atoms with van der Waals surface area (Å²) >= 11 is 0. The van der Waals surface area contributed by atoms with Crippen molar-refractivity contribution in [3.05, 3.63) is 36.2 Å². The van der Waals surface area contributed by atoms with Crippen LogP contribution in [0.5, 0.6) is 0 Å². The third-order valence-electron chi connectivity index (χ3n) is 2.74. The fraction of sp³-hybridized carbons (Fsp3) is 0.286. The number of benzene rings is 1. The third kappa shape index (κ3) is 2.43. The first-order valence-electron chi connectivity index (χ1n) is 5.63. The second-order valence-corrected chi connectivity index (χ2v) is 3.74. The molecule has 86 valence electrons. The van der Waals surface area contributed by atoms with E-state index in [1.54, 1.807) is 12.4 Å². The number of hydrogen-bond acceptors (Lipinski definition) is 3. The molecule has 1 unspecified atom stereocenters. The summed E-state index contributed by atoms with van der Waals surface area (Å²) in [6.45, 7) is 1.86. The Morgan fingerprint density at radius 2 is 2.12 bits per heavy atom. The lowest BCUT2D eigenvalue weighted by Gasteiger charge is -2.15. The van der Waals surface area contributed by atoms with E-state index in [0.717, 1.165) is 23.0 Å². The monoisotopic (exact) mass is 225 g/mol. The van der Waals surface area contributed by atoms with Gasteiger partial charge in [0.15, 0.2) is 0 Å². The molecule has 0 radical (unpaired) electrons. The molecule has 0 bridgehead atoms. The van der Waals surface area contributed by atoms with E-state index in [1.165, 1.54) is 0 Å². The number of para-hydroxylation sites is 1. The van der Waals surface area contributed by atoms with Crippen LogP contribution < -0.4 is 5.32 Å². The van der Waals surface area contributed by atoms with Crippen molar-refractivity contribution in [1.29, 1.82) is 0 Å². The molecule has 1 atom stereocenters. The summed E-state index contributed by atoms with van der Waals surface area (Å²) in [5.41, 5.74) is 3.03. The zero-order valence-electron chi connectivity index (χ0n) is 10.1. The van der Waals surface area contributed by atoms with Crippen LogP contribution in [0.1, 0.15) is 24.9 Å². The lowest BCUT2D eigenvalue weighted by Crippen LogP contribution is -2.16. The second-order valence-electron chi connectivity index (χ2n) is 3.74. The van der Waals surface area contributed by atoms with Gasteiger partial charge < -0.3 is 5.32 Å².